The highest BCUT2D eigenvalue weighted by Gasteiger charge is 2.33. The van der Waals surface area contributed by atoms with Crippen LogP contribution in [-0.4, -0.2) is 26.0 Å². The number of nitrogens with one attached hydrogen (secondary N) is 1. The van der Waals surface area contributed by atoms with Crippen molar-refractivity contribution in [3.63, 3.8) is 0 Å². The minimum Gasteiger partial charge on any atom is -0.358 e. The van der Waals surface area contributed by atoms with E-state index in [0.717, 1.165) is 40.6 Å². The third-order valence-electron chi connectivity index (χ3n) is 3.72. The highest BCUT2D eigenvalue weighted by atomic mass is 32.2. The van der Waals surface area contributed by atoms with Gasteiger partial charge in [-0.3, -0.25) is 4.79 Å². The van der Waals surface area contributed by atoms with E-state index in [-0.39, 0.29) is 10.9 Å². The summed E-state index contributed by atoms with van der Waals surface area (Å²) in [5.41, 5.74) is 1.09. The number of thioether (sulfide) groups is 1. The van der Waals surface area contributed by atoms with Gasteiger partial charge in [-0.2, -0.15) is 13.2 Å². The number of para-hydroxylation sites is 1. The second kappa shape index (κ2) is 6.51. The van der Waals surface area contributed by atoms with Gasteiger partial charge >= 0.3 is 6.18 Å². The molecular formula is C17H14F3N3OS. The number of benzene rings is 1. The van der Waals surface area contributed by atoms with E-state index >= 15 is 0 Å². The van der Waals surface area contributed by atoms with Gasteiger partial charge in [-0.05, 0) is 26.0 Å². The van der Waals surface area contributed by atoms with Crippen LogP contribution in [0.4, 0.5) is 13.2 Å². The van der Waals surface area contributed by atoms with Crippen LogP contribution >= 0.6 is 11.8 Å². The molecule has 1 N–H and O–H groups in total. The number of aromatic nitrogens is 3. The van der Waals surface area contributed by atoms with Crippen LogP contribution in [0.3, 0.4) is 0 Å². The molecule has 4 nitrogen and oxygen atoms in total. The maximum atomic E-state index is 12.8. The SMILES string of the molecule is Cc1[nH]c2ccccc2c1C(=O)[C@@H](C)Sc1nccc(C(F)(F)F)n1. The number of aromatic amines is 1. The molecule has 2 aromatic heterocycles. The Labute approximate surface area is 145 Å². The topological polar surface area (TPSA) is 58.6 Å². The number of carbonyl (C=O) groups is 1. The summed E-state index contributed by atoms with van der Waals surface area (Å²) in [7, 11) is 0. The zero-order valence-corrected chi connectivity index (χ0v) is 14.2. The molecule has 0 aliphatic carbocycles. The molecule has 0 radical (unpaired) electrons. The summed E-state index contributed by atoms with van der Waals surface area (Å²) < 4.78 is 38.2. The number of H-pyrrole nitrogens is 1. The van der Waals surface area contributed by atoms with E-state index in [9.17, 15) is 18.0 Å². The molecule has 0 aliphatic rings. The summed E-state index contributed by atoms with van der Waals surface area (Å²) in [4.78, 5) is 23.3. The van der Waals surface area contributed by atoms with Crippen LogP contribution in [0.1, 0.15) is 28.7 Å². The largest absolute Gasteiger partial charge is 0.433 e. The maximum Gasteiger partial charge on any atom is 0.433 e. The number of Topliss-reactive ketones (excluding diaryl/α,β-unsaturated/α-hetero) is 1. The fourth-order valence-corrected chi connectivity index (χ4v) is 3.38. The molecule has 8 heteroatoms. The van der Waals surface area contributed by atoms with Crippen molar-refractivity contribution in [3.05, 3.63) is 53.5 Å². The van der Waals surface area contributed by atoms with E-state index in [1.54, 1.807) is 13.8 Å². The van der Waals surface area contributed by atoms with E-state index in [1.807, 2.05) is 24.3 Å². The van der Waals surface area contributed by atoms with E-state index in [2.05, 4.69) is 15.0 Å². The standard InChI is InChI=1S/C17H14F3N3OS/c1-9-14(11-5-3-4-6-12(11)22-9)15(24)10(2)25-16-21-8-7-13(23-16)17(18,19)20/h3-8,10,22H,1-2H3/t10-/m1/s1. The van der Waals surface area contributed by atoms with Crippen molar-refractivity contribution in [2.75, 3.05) is 0 Å². The number of hydrogen-bond acceptors (Lipinski definition) is 4. The summed E-state index contributed by atoms with van der Waals surface area (Å²) >= 11 is 0.912. The number of alkyl halides is 3. The predicted molar refractivity (Wildman–Crippen MR) is 89.7 cm³/mol. The molecule has 1 aromatic carbocycles. The number of carbonyl (C=O) groups excluding carboxylic acids is 1. The van der Waals surface area contributed by atoms with Crippen molar-refractivity contribution < 1.29 is 18.0 Å². The summed E-state index contributed by atoms with van der Waals surface area (Å²) in [6, 6.07) is 8.21. The molecule has 0 bridgehead atoms. The second-order valence-electron chi connectivity index (χ2n) is 5.52. The van der Waals surface area contributed by atoms with Crippen molar-refractivity contribution in [1.29, 1.82) is 0 Å². The molecule has 130 valence electrons. The minimum atomic E-state index is -4.54. The third kappa shape index (κ3) is 3.53. The van der Waals surface area contributed by atoms with Crippen molar-refractivity contribution >= 4 is 28.4 Å². The Balaban J connectivity index is 1.87. The van der Waals surface area contributed by atoms with Crippen LogP contribution in [0.2, 0.25) is 0 Å². The van der Waals surface area contributed by atoms with Crippen molar-refractivity contribution in [2.24, 2.45) is 0 Å². The lowest BCUT2D eigenvalue weighted by Gasteiger charge is -2.11. The smallest absolute Gasteiger partial charge is 0.358 e. The molecule has 0 saturated heterocycles. The zero-order valence-electron chi connectivity index (χ0n) is 13.4. The minimum absolute atomic E-state index is 0.0758. The Bertz CT molecular complexity index is 936. The molecule has 0 amide bonds. The second-order valence-corrected chi connectivity index (χ2v) is 6.83. The summed E-state index contributed by atoms with van der Waals surface area (Å²) in [5.74, 6) is -0.180. The Morgan fingerprint density at radius 3 is 2.68 bits per heavy atom. The number of ketones is 1. The van der Waals surface area contributed by atoms with Crippen LogP contribution in [0, 0.1) is 6.92 Å². The van der Waals surface area contributed by atoms with Crippen LogP contribution in [0.15, 0.2) is 41.7 Å². The van der Waals surface area contributed by atoms with Gasteiger partial charge in [-0.1, -0.05) is 30.0 Å². The Kier molecular flexibility index (Phi) is 4.55. The van der Waals surface area contributed by atoms with Gasteiger partial charge in [0.1, 0.15) is 5.69 Å². The molecule has 0 spiro atoms. The Hall–Kier alpha value is -2.35. The first kappa shape index (κ1) is 17.5. The average molecular weight is 365 g/mol. The van der Waals surface area contributed by atoms with Gasteiger partial charge in [0, 0.05) is 28.4 Å². The summed E-state index contributed by atoms with van der Waals surface area (Å²) in [6.45, 7) is 3.43. The number of nitrogens with zero attached hydrogens (tertiary/aromatic N) is 2. The predicted octanol–water partition coefficient (Wildman–Crippen LogP) is 4.65. The average Bonchev–Trinajstić information content (AvgIpc) is 2.89. The molecule has 0 unspecified atom stereocenters. The van der Waals surface area contributed by atoms with Gasteiger partial charge in [0.25, 0.3) is 0 Å². The van der Waals surface area contributed by atoms with Crippen LogP contribution in [0.25, 0.3) is 10.9 Å². The summed E-state index contributed by atoms with van der Waals surface area (Å²) in [6.07, 6.45) is -3.49. The monoisotopic (exact) mass is 365 g/mol. The van der Waals surface area contributed by atoms with Gasteiger partial charge in [-0.25, -0.2) is 9.97 Å². The van der Waals surface area contributed by atoms with Gasteiger partial charge in [-0.15, -0.1) is 0 Å². The highest BCUT2D eigenvalue weighted by molar-refractivity contribution is 8.00. The molecule has 0 aliphatic heterocycles. The molecule has 3 rings (SSSR count). The van der Waals surface area contributed by atoms with Gasteiger partial charge in [0.05, 0.1) is 5.25 Å². The van der Waals surface area contributed by atoms with Gasteiger partial charge in [0.2, 0.25) is 0 Å². The normalized spacial score (nSPS) is 13.2. The quantitative estimate of drug-likeness (QED) is 0.415. The van der Waals surface area contributed by atoms with E-state index in [1.165, 1.54) is 0 Å². The Morgan fingerprint density at radius 2 is 1.96 bits per heavy atom. The first-order valence-electron chi connectivity index (χ1n) is 7.46. The van der Waals surface area contributed by atoms with Crippen LogP contribution in [-0.2, 0) is 6.18 Å². The van der Waals surface area contributed by atoms with Crippen LogP contribution in [0.5, 0.6) is 0 Å². The highest BCUT2D eigenvalue weighted by Crippen LogP contribution is 2.31. The van der Waals surface area contributed by atoms with E-state index in [4.69, 9.17) is 0 Å². The number of fused-ring (bicyclic) bond motifs is 1. The van der Waals surface area contributed by atoms with Crippen molar-refractivity contribution in [1.82, 2.24) is 15.0 Å². The number of halogens is 3. The number of aryl methyl sites for hydroxylation is 1. The maximum absolute atomic E-state index is 12.8. The number of hydrogen-bond donors (Lipinski definition) is 1. The Morgan fingerprint density at radius 1 is 1.24 bits per heavy atom. The van der Waals surface area contributed by atoms with E-state index in [0.29, 0.717) is 5.56 Å². The molecule has 0 saturated carbocycles. The molecular weight excluding hydrogens is 351 g/mol. The fraction of sp³-hybridized carbons (Fsp3) is 0.235. The lowest BCUT2D eigenvalue weighted by molar-refractivity contribution is -0.141. The van der Waals surface area contributed by atoms with E-state index < -0.39 is 17.1 Å². The fourth-order valence-electron chi connectivity index (χ4n) is 2.56. The third-order valence-corrected chi connectivity index (χ3v) is 4.69. The molecule has 25 heavy (non-hydrogen) atoms. The van der Waals surface area contributed by atoms with Crippen molar-refractivity contribution in [2.45, 2.75) is 30.4 Å². The zero-order chi connectivity index (χ0) is 18.2. The lowest BCUT2D eigenvalue weighted by Crippen LogP contribution is -2.16. The van der Waals surface area contributed by atoms with Gasteiger partial charge in [0.15, 0.2) is 10.9 Å². The first-order chi connectivity index (χ1) is 11.8. The number of rotatable bonds is 4. The first-order valence-corrected chi connectivity index (χ1v) is 8.33. The lowest BCUT2D eigenvalue weighted by atomic mass is 10.1. The summed E-state index contributed by atoms with van der Waals surface area (Å²) in [5, 5.41) is 0.0944. The molecule has 1 atom stereocenters. The van der Waals surface area contributed by atoms with Gasteiger partial charge < -0.3 is 4.98 Å². The molecule has 3 aromatic rings. The van der Waals surface area contributed by atoms with Crippen molar-refractivity contribution in [3.8, 4) is 0 Å². The van der Waals surface area contributed by atoms with Crippen LogP contribution < -0.4 is 0 Å². The molecule has 2 heterocycles. The molecule has 0 fully saturated rings.